The Morgan fingerprint density at radius 3 is 1.92 bits per heavy atom. The average Bonchev–Trinajstić information content (AvgIpc) is 2.57. The molecule has 25 heavy (non-hydrogen) atoms. The minimum atomic E-state index is -2.57. The quantitative estimate of drug-likeness (QED) is 0.0917. The first-order chi connectivity index (χ1) is 11.8. The molecular formula is C12H11F5O6S2. The first kappa shape index (κ1) is 21.6. The fourth-order valence-electron chi connectivity index (χ4n) is 1.36. The summed E-state index contributed by atoms with van der Waals surface area (Å²) in [6.07, 6.45) is 0. The second-order valence-corrected chi connectivity index (χ2v) is 6.88. The van der Waals surface area contributed by atoms with E-state index in [1.165, 1.54) is 0 Å². The van der Waals surface area contributed by atoms with Crippen LogP contribution >= 0.6 is 10.8 Å². The van der Waals surface area contributed by atoms with Crippen molar-refractivity contribution < 1.29 is 49.4 Å². The summed E-state index contributed by atoms with van der Waals surface area (Å²) in [7, 11) is -1.91. The zero-order valence-electron chi connectivity index (χ0n) is 12.2. The van der Waals surface area contributed by atoms with Gasteiger partial charge in [-0.05, 0) is 10.8 Å². The van der Waals surface area contributed by atoms with Crippen molar-refractivity contribution in [1.82, 2.24) is 0 Å². The van der Waals surface area contributed by atoms with Gasteiger partial charge in [0.2, 0.25) is 34.8 Å². The molecule has 0 heterocycles. The molecule has 0 bridgehead atoms. The number of rotatable bonds is 10. The van der Waals surface area contributed by atoms with Crippen LogP contribution in [0.4, 0.5) is 22.0 Å². The van der Waals surface area contributed by atoms with Crippen molar-refractivity contribution in [2.45, 2.75) is 0 Å². The second kappa shape index (κ2) is 10.5. The Balaban J connectivity index is 2.39. The predicted octanol–water partition coefficient (Wildman–Crippen LogP) is 1.58. The van der Waals surface area contributed by atoms with Crippen molar-refractivity contribution in [3.63, 3.8) is 0 Å². The molecule has 0 saturated heterocycles. The number of hydrogen-bond acceptors (Lipinski definition) is 7. The number of ether oxygens (including phenoxy) is 3. The van der Waals surface area contributed by atoms with Crippen LogP contribution in [0.5, 0.6) is 5.75 Å². The Hall–Kier alpha value is -1.44. The first-order valence-electron chi connectivity index (χ1n) is 6.40. The molecular weight excluding hydrogens is 399 g/mol. The Morgan fingerprint density at radius 1 is 0.840 bits per heavy atom. The molecule has 0 amide bonds. The van der Waals surface area contributed by atoms with Gasteiger partial charge in [-0.2, -0.15) is 8.78 Å². The summed E-state index contributed by atoms with van der Waals surface area (Å²) < 4.78 is 99.4. The minimum Gasteiger partial charge on any atom is -0.418 e. The maximum atomic E-state index is 13.3. The van der Waals surface area contributed by atoms with E-state index in [-0.39, 0.29) is 25.6 Å². The number of esters is 1. The van der Waals surface area contributed by atoms with Gasteiger partial charge in [-0.25, -0.2) is 26.4 Å². The Bertz CT molecular complexity index is 660. The molecule has 0 fully saturated rings. The Labute approximate surface area is 143 Å². The van der Waals surface area contributed by atoms with Crippen molar-refractivity contribution in [3.05, 3.63) is 29.1 Å². The largest absolute Gasteiger partial charge is 0.418 e. The van der Waals surface area contributed by atoms with Crippen LogP contribution in [0.25, 0.3) is 0 Å². The minimum absolute atomic E-state index is 0.0218. The van der Waals surface area contributed by atoms with Crippen molar-refractivity contribution in [1.29, 1.82) is 0 Å². The Morgan fingerprint density at radius 2 is 1.36 bits per heavy atom. The lowest BCUT2D eigenvalue weighted by Crippen LogP contribution is -2.20. The number of carbonyl (C=O) groups is 1. The van der Waals surface area contributed by atoms with E-state index in [2.05, 4.69) is 4.74 Å². The van der Waals surface area contributed by atoms with E-state index in [0.717, 1.165) is 0 Å². The zero-order valence-corrected chi connectivity index (χ0v) is 13.9. The normalized spacial score (nSPS) is 11.1. The van der Waals surface area contributed by atoms with E-state index in [0.29, 0.717) is 10.8 Å². The third-order valence-corrected chi connectivity index (χ3v) is 4.14. The van der Waals surface area contributed by atoms with Crippen LogP contribution in [0.1, 0.15) is 0 Å². The van der Waals surface area contributed by atoms with E-state index in [9.17, 15) is 35.2 Å². The fraction of sp³-hybridized carbons (Fsp3) is 0.417. The van der Waals surface area contributed by atoms with Gasteiger partial charge in [0.05, 0.1) is 19.8 Å². The SMILES string of the molecule is O=C(COCCOCCS[SH](=O)=O)Oc1c(F)c(F)c(F)c(F)c1F. The van der Waals surface area contributed by atoms with Crippen molar-refractivity contribution in [2.75, 3.05) is 32.2 Å². The van der Waals surface area contributed by atoms with Gasteiger partial charge in [-0.1, -0.05) is 0 Å². The van der Waals surface area contributed by atoms with Gasteiger partial charge < -0.3 is 14.2 Å². The highest BCUT2D eigenvalue weighted by Gasteiger charge is 2.28. The van der Waals surface area contributed by atoms with Crippen LogP contribution in [-0.2, 0) is 24.0 Å². The summed E-state index contributed by atoms with van der Waals surface area (Å²) in [6.45, 7) is -0.900. The first-order valence-corrected chi connectivity index (χ1v) is 9.17. The van der Waals surface area contributed by atoms with Gasteiger partial charge in [0.1, 0.15) is 6.61 Å². The molecule has 142 valence electrons. The Kier molecular flexibility index (Phi) is 9.10. The summed E-state index contributed by atoms with van der Waals surface area (Å²) in [4.78, 5) is 11.3. The average molecular weight is 410 g/mol. The highest BCUT2D eigenvalue weighted by Crippen LogP contribution is 2.29. The third-order valence-electron chi connectivity index (χ3n) is 2.40. The number of halogens is 5. The smallest absolute Gasteiger partial charge is 0.337 e. The molecule has 0 aromatic heterocycles. The molecule has 1 aromatic rings. The predicted molar refractivity (Wildman–Crippen MR) is 76.3 cm³/mol. The maximum Gasteiger partial charge on any atom is 0.337 e. The van der Waals surface area contributed by atoms with Crippen molar-refractivity contribution in [2.24, 2.45) is 0 Å². The van der Waals surface area contributed by atoms with Crippen LogP contribution in [0.3, 0.4) is 0 Å². The molecule has 0 aliphatic carbocycles. The molecule has 1 aromatic carbocycles. The van der Waals surface area contributed by atoms with Gasteiger partial charge >= 0.3 is 5.97 Å². The number of thiol groups is 1. The third kappa shape index (κ3) is 6.76. The molecule has 1 rings (SSSR count). The number of benzene rings is 1. The van der Waals surface area contributed by atoms with E-state index in [1.54, 1.807) is 0 Å². The molecule has 13 heteroatoms. The lowest BCUT2D eigenvalue weighted by atomic mass is 10.2. The molecule has 0 saturated carbocycles. The highest BCUT2D eigenvalue weighted by atomic mass is 33.1. The molecule has 0 N–H and O–H groups in total. The number of carbonyl (C=O) groups excluding carboxylic acids is 1. The summed E-state index contributed by atoms with van der Waals surface area (Å²) in [5.41, 5.74) is 0. The molecule has 0 aliphatic heterocycles. The summed E-state index contributed by atoms with van der Waals surface area (Å²) in [5, 5.41) is 0. The van der Waals surface area contributed by atoms with E-state index in [4.69, 9.17) is 9.47 Å². The van der Waals surface area contributed by atoms with Gasteiger partial charge in [-0.3, -0.25) is 0 Å². The molecule has 0 radical (unpaired) electrons. The van der Waals surface area contributed by atoms with E-state index in [1.807, 2.05) is 0 Å². The van der Waals surface area contributed by atoms with Crippen LogP contribution in [0, 0.1) is 29.1 Å². The summed E-state index contributed by atoms with van der Waals surface area (Å²) >= 11 is 0. The fourth-order valence-corrected chi connectivity index (χ4v) is 2.38. The summed E-state index contributed by atoms with van der Waals surface area (Å²) in [5.74, 6) is -14.3. The second-order valence-electron chi connectivity index (χ2n) is 4.09. The standard InChI is InChI=1S/C12H11F5O6S2/c13-7-8(14)10(16)12(11(17)9(7)15)23-6(18)5-22-2-1-21-3-4-24-25(19)20/h25H,1-5H2. The monoisotopic (exact) mass is 410 g/mol. The van der Waals surface area contributed by atoms with Gasteiger partial charge in [0.25, 0.3) is 0 Å². The van der Waals surface area contributed by atoms with Crippen LogP contribution in [0.15, 0.2) is 0 Å². The van der Waals surface area contributed by atoms with Crippen molar-refractivity contribution >= 4 is 26.5 Å². The maximum absolute atomic E-state index is 13.3. The molecule has 0 spiro atoms. The zero-order chi connectivity index (χ0) is 19.0. The molecule has 0 unspecified atom stereocenters. The molecule has 0 atom stereocenters. The van der Waals surface area contributed by atoms with E-state index >= 15 is 0 Å². The van der Waals surface area contributed by atoms with E-state index < -0.39 is 57.1 Å². The summed E-state index contributed by atoms with van der Waals surface area (Å²) in [6, 6.07) is 0. The number of hydrogen-bond donors (Lipinski definition) is 1. The topological polar surface area (TPSA) is 78.9 Å². The van der Waals surface area contributed by atoms with Crippen LogP contribution in [-0.4, -0.2) is 46.6 Å². The highest BCUT2D eigenvalue weighted by molar-refractivity contribution is 8.64. The lowest BCUT2D eigenvalue weighted by molar-refractivity contribution is -0.140. The molecule has 0 aliphatic rings. The van der Waals surface area contributed by atoms with Crippen LogP contribution < -0.4 is 4.74 Å². The van der Waals surface area contributed by atoms with Gasteiger partial charge in [0, 0.05) is 5.75 Å². The van der Waals surface area contributed by atoms with Crippen LogP contribution in [0.2, 0.25) is 0 Å². The molecule has 6 nitrogen and oxygen atoms in total. The van der Waals surface area contributed by atoms with Crippen molar-refractivity contribution in [3.8, 4) is 5.75 Å². The van der Waals surface area contributed by atoms with Gasteiger partial charge in [-0.15, -0.1) is 0 Å². The lowest BCUT2D eigenvalue weighted by Gasteiger charge is -2.09. The van der Waals surface area contributed by atoms with Gasteiger partial charge in [0.15, 0.2) is 9.74 Å².